The highest BCUT2D eigenvalue weighted by molar-refractivity contribution is 5.75. The number of carbonyl (C=O) groups excluding carboxylic acids is 1. The fourth-order valence-corrected chi connectivity index (χ4v) is 2.52. The molecule has 0 aromatic rings. The van der Waals surface area contributed by atoms with Crippen LogP contribution in [0.15, 0.2) is 0 Å². The lowest BCUT2D eigenvalue weighted by Crippen LogP contribution is -2.35. The van der Waals surface area contributed by atoms with E-state index >= 15 is 0 Å². The van der Waals surface area contributed by atoms with Crippen molar-refractivity contribution in [3.63, 3.8) is 0 Å². The Morgan fingerprint density at radius 1 is 1.33 bits per heavy atom. The molecule has 1 unspecified atom stereocenters. The minimum Gasteiger partial charge on any atom is -0.300 e. The molecule has 0 saturated carbocycles. The quantitative estimate of drug-likeness (QED) is 0.696. The van der Waals surface area contributed by atoms with Crippen LogP contribution in [0, 0.1) is 0 Å². The number of likely N-dealkylation sites (tertiary alicyclic amines) is 1. The largest absolute Gasteiger partial charge is 0.300 e. The first-order valence-corrected chi connectivity index (χ1v) is 6.47. The smallest absolute Gasteiger partial charge is 0.129 e. The molecule has 0 amide bonds. The molecular formula is C13H25NO. The summed E-state index contributed by atoms with van der Waals surface area (Å²) in [5.74, 6) is 0.331. The lowest BCUT2D eigenvalue weighted by Gasteiger charge is -2.28. The number of hydrogen-bond donors (Lipinski definition) is 0. The first kappa shape index (κ1) is 12.7. The fourth-order valence-electron chi connectivity index (χ4n) is 2.52. The van der Waals surface area contributed by atoms with Crippen LogP contribution in [0.5, 0.6) is 0 Å². The normalized spacial score (nSPS) is 23.7. The average molecular weight is 211 g/mol. The predicted octanol–water partition coefficient (Wildman–Crippen LogP) is 3.01. The second-order valence-electron chi connectivity index (χ2n) is 4.75. The molecule has 0 aromatic heterocycles. The maximum Gasteiger partial charge on any atom is 0.129 e. The van der Waals surface area contributed by atoms with Crippen molar-refractivity contribution < 1.29 is 4.79 Å². The van der Waals surface area contributed by atoms with E-state index in [4.69, 9.17) is 0 Å². The topological polar surface area (TPSA) is 20.3 Å². The third-order valence-corrected chi connectivity index (χ3v) is 3.44. The molecule has 1 fully saturated rings. The van der Waals surface area contributed by atoms with Gasteiger partial charge in [-0.05, 0) is 45.7 Å². The van der Waals surface area contributed by atoms with Gasteiger partial charge in [0.15, 0.2) is 0 Å². The SMILES string of the molecule is CCC1CCCCCN1CCCC(C)=O. The summed E-state index contributed by atoms with van der Waals surface area (Å²) in [5.41, 5.74) is 0. The summed E-state index contributed by atoms with van der Waals surface area (Å²) >= 11 is 0. The average Bonchev–Trinajstić information content (AvgIpc) is 2.42. The molecule has 0 aromatic carbocycles. The van der Waals surface area contributed by atoms with Gasteiger partial charge in [0.1, 0.15) is 5.78 Å². The molecule has 88 valence electrons. The summed E-state index contributed by atoms with van der Waals surface area (Å²) in [6, 6.07) is 0.777. The molecule has 1 aliphatic rings. The van der Waals surface area contributed by atoms with Gasteiger partial charge in [0.05, 0.1) is 0 Å². The number of hydrogen-bond acceptors (Lipinski definition) is 2. The van der Waals surface area contributed by atoms with Gasteiger partial charge in [0.25, 0.3) is 0 Å². The molecule has 1 atom stereocenters. The molecule has 15 heavy (non-hydrogen) atoms. The van der Waals surface area contributed by atoms with E-state index in [1.54, 1.807) is 6.92 Å². The van der Waals surface area contributed by atoms with Crippen LogP contribution in [-0.2, 0) is 4.79 Å². The van der Waals surface area contributed by atoms with Gasteiger partial charge in [-0.15, -0.1) is 0 Å². The van der Waals surface area contributed by atoms with Gasteiger partial charge >= 0.3 is 0 Å². The Morgan fingerprint density at radius 3 is 2.80 bits per heavy atom. The summed E-state index contributed by atoms with van der Waals surface area (Å²) in [7, 11) is 0. The van der Waals surface area contributed by atoms with E-state index in [-0.39, 0.29) is 0 Å². The minimum absolute atomic E-state index is 0.331. The Morgan fingerprint density at radius 2 is 2.13 bits per heavy atom. The number of Topliss-reactive ketones (excluding diaryl/α,β-unsaturated/α-hetero) is 1. The van der Waals surface area contributed by atoms with Gasteiger partial charge in [0.2, 0.25) is 0 Å². The Hall–Kier alpha value is -0.370. The molecule has 1 rings (SSSR count). The highest BCUT2D eigenvalue weighted by atomic mass is 16.1. The third kappa shape index (κ3) is 4.78. The number of ketones is 1. The minimum atomic E-state index is 0.331. The summed E-state index contributed by atoms with van der Waals surface area (Å²) in [6.07, 6.45) is 8.55. The lowest BCUT2D eigenvalue weighted by molar-refractivity contribution is -0.117. The standard InChI is InChI=1S/C13H25NO/c1-3-13-9-5-4-6-10-14(13)11-7-8-12(2)15/h13H,3-11H2,1-2H3. The van der Waals surface area contributed by atoms with Crippen LogP contribution < -0.4 is 0 Å². The van der Waals surface area contributed by atoms with E-state index in [9.17, 15) is 4.79 Å². The first-order chi connectivity index (χ1) is 7.24. The van der Waals surface area contributed by atoms with Crippen molar-refractivity contribution in [1.82, 2.24) is 4.90 Å². The second-order valence-corrected chi connectivity index (χ2v) is 4.75. The van der Waals surface area contributed by atoms with Gasteiger partial charge in [-0.1, -0.05) is 19.8 Å². The molecular weight excluding hydrogens is 186 g/mol. The maximum absolute atomic E-state index is 10.9. The zero-order valence-electron chi connectivity index (χ0n) is 10.3. The summed E-state index contributed by atoms with van der Waals surface area (Å²) in [5, 5.41) is 0. The Bertz CT molecular complexity index is 191. The van der Waals surface area contributed by atoms with Crippen LogP contribution in [0.4, 0.5) is 0 Å². The van der Waals surface area contributed by atoms with Crippen molar-refractivity contribution in [1.29, 1.82) is 0 Å². The van der Waals surface area contributed by atoms with Gasteiger partial charge in [-0.25, -0.2) is 0 Å². The molecule has 0 bridgehead atoms. The Balaban J connectivity index is 2.31. The van der Waals surface area contributed by atoms with Crippen molar-refractivity contribution in [2.24, 2.45) is 0 Å². The Kier molecular flexibility index (Phi) is 5.92. The van der Waals surface area contributed by atoms with Gasteiger partial charge in [0, 0.05) is 12.5 Å². The Labute approximate surface area is 94.0 Å². The molecule has 0 radical (unpaired) electrons. The monoisotopic (exact) mass is 211 g/mol. The summed E-state index contributed by atoms with van der Waals surface area (Å²) in [4.78, 5) is 13.5. The molecule has 1 saturated heterocycles. The molecule has 1 heterocycles. The molecule has 2 nitrogen and oxygen atoms in total. The molecule has 0 N–H and O–H groups in total. The number of nitrogens with zero attached hydrogens (tertiary/aromatic N) is 1. The third-order valence-electron chi connectivity index (χ3n) is 3.44. The number of rotatable bonds is 5. The van der Waals surface area contributed by atoms with Crippen LogP contribution in [0.1, 0.15) is 58.8 Å². The van der Waals surface area contributed by atoms with Crippen LogP contribution in [0.3, 0.4) is 0 Å². The predicted molar refractivity (Wildman–Crippen MR) is 64.0 cm³/mol. The molecule has 1 aliphatic heterocycles. The first-order valence-electron chi connectivity index (χ1n) is 6.47. The van der Waals surface area contributed by atoms with Crippen LogP contribution in [0.25, 0.3) is 0 Å². The van der Waals surface area contributed by atoms with Crippen molar-refractivity contribution in [2.45, 2.75) is 64.8 Å². The molecule has 0 spiro atoms. The van der Waals surface area contributed by atoms with Gasteiger partial charge < -0.3 is 9.69 Å². The van der Waals surface area contributed by atoms with Crippen LogP contribution in [-0.4, -0.2) is 29.8 Å². The van der Waals surface area contributed by atoms with Gasteiger partial charge in [-0.3, -0.25) is 0 Å². The van der Waals surface area contributed by atoms with Crippen LogP contribution in [0.2, 0.25) is 0 Å². The van der Waals surface area contributed by atoms with Crippen molar-refractivity contribution in [3.8, 4) is 0 Å². The van der Waals surface area contributed by atoms with E-state index < -0.39 is 0 Å². The van der Waals surface area contributed by atoms with Crippen molar-refractivity contribution in [3.05, 3.63) is 0 Å². The van der Waals surface area contributed by atoms with E-state index in [2.05, 4.69) is 11.8 Å². The van der Waals surface area contributed by atoms with E-state index in [0.29, 0.717) is 5.78 Å². The van der Waals surface area contributed by atoms with Crippen molar-refractivity contribution >= 4 is 5.78 Å². The van der Waals surface area contributed by atoms with E-state index in [0.717, 1.165) is 25.4 Å². The lowest BCUT2D eigenvalue weighted by atomic mass is 10.1. The summed E-state index contributed by atoms with van der Waals surface area (Å²) < 4.78 is 0. The van der Waals surface area contributed by atoms with E-state index in [1.807, 2.05) is 0 Å². The summed E-state index contributed by atoms with van der Waals surface area (Å²) in [6.45, 7) is 6.35. The van der Waals surface area contributed by atoms with Crippen LogP contribution >= 0.6 is 0 Å². The van der Waals surface area contributed by atoms with Crippen molar-refractivity contribution in [2.75, 3.05) is 13.1 Å². The zero-order chi connectivity index (χ0) is 11.1. The molecule has 2 heteroatoms. The maximum atomic E-state index is 10.9. The number of carbonyl (C=O) groups is 1. The van der Waals surface area contributed by atoms with Gasteiger partial charge in [-0.2, -0.15) is 0 Å². The fraction of sp³-hybridized carbons (Fsp3) is 0.923. The van der Waals surface area contributed by atoms with E-state index in [1.165, 1.54) is 38.6 Å². The zero-order valence-corrected chi connectivity index (χ0v) is 10.3. The molecule has 0 aliphatic carbocycles. The highest BCUT2D eigenvalue weighted by Gasteiger charge is 2.18. The highest BCUT2D eigenvalue weighted by Crippen LogP contribution is 2.19. The second kappa shape index (κ2) is 7.00.